The average molecular weight is 231 g/mol. The Morgan fingerprint density at radius 3 is 2.53 bits per heavy atom. The highest BCUT2D eigenvalue weighted by Gasteiger charge is 2.04. The Bertz CT molecular complexity index is 509. The van der Waals surface area contributed by atoms with E-state index in [1.807, 2.05) is 0 Å². The Morgan fingerprint density at radius 1 is 1.18 bits per heavy atom. The average Bonchev–Trinajstić information content (AvgIpc) is 2.29. The van der Waals surface area contributed by atoms with Crippen molar-refractivity contribution in [1.82, 2.24) is 9.97 Å². The molecule has 2 aromatic rings. The molecule has 2 rings (SSSR count). The molecule has 2 N–H and O–H groups in total. The zero-order valence-corrected chi connectivity index (χ0v) is 9.65. The molecule has 0 atom stereocenters. The molecule has 88 valence electrons. The minimum Gasteiger partial charge on any atom is -0.384 e. The minimum absolute atomic E-state index is 0.260. The van der Waals surface area contributed by atoms with Gasteiger partial charge in [-0.05, 0) is 30.7 Å². The van der Waals surface area contributed by atoms with Crippen LogP contribution in [0, 0.1) is 5.82 Å². The fourth-order valence-electron chi connectivity index (χ4n) is 1.62. The maximum atomic E-state index is 12.8. The van der Waals surface area contributed by atoms with Crippen molar-refractivity contribution >= 4 is 5.82 Å². The van der Waals surface area contributed by atoms with Crippen LogP contribution in [0.5, 0.6) is 0 Å². The van der Waals surface area contributed by atoms with Gasteiger partial charge in [0.15, 0.2) is 0 Å². The fourth-order valence-corrected chi connectivity index (χ4v) is 1.62. The second-order valence-electron chi connectivity index (χ2n) is 3.85. The number of nitrogens with zero attached hydrogens (tertiary/aromatic N) is 2. The normalized spacial score (nSPS) is 10.5. The van der Waals surface area contributed by atoms with Gasteiger partial charge in [-0.15, -0.1) is 0 Å². The van der Waals surface area contributed by atoms with E-state index < -0.39 is 0 Å². The van der Waals surface area contributed by atoms with Crippen molar-refractivity contribution in [3.63, 3.8) is 0 Å². The Labute approximate surface area is 99.5 Å². The number of hydrogen-bond donors (Lipinski definition) is 1. The first kappa shape index (κ1) is 11.5. The molecule has 3 nitrogen and oxygen atoms in total. The fraction of sp³-hybridized carbons (Fsp3) is 0.231. The second-order valence-corrected chi connectivity index (χ2v) is 3.85. The van der Waals surface area contributed by atoms with Crippen LogP contribution in [0.25, 0.3) is 11.3 Å². The smallest absolute Gasteiger partial charge is 0.131 e. The summed E-state index contributed by atoms with van der Waals surface area (Å²) < 4.78 is 12.8. The molecule has 0 unspecified atom stereocenters. The van der Waals surface area contributed by atoms with E-state index in [9.17, 15) is 4.39 Å². The second kappa shape index (κ2) is 4.91. The van der Waals surface area contributed by atoms with E-state index in [0.29, 0.717) is 5.82 Å². The van der Waals surface area contributed by atoms with Crippen LogP contribution in [0.15, 0.2) is 30.3 Å². The van der Waals surface area contributed by atoms with Crippen LogP contribution in [0.1, 0.15) is 19.2 Å². The first-order chi connectivity index (χ1) is 8.19. The molecule has 0 aliphatic rings. The van der Waals surface area contributed by atoms with E-state index in [2.05, 4.69) is 16.9 Å². The van der Waals surface area contributed by atoms with Crippen molar-refractivity contribution in [2.24, 2.45) is 0 Å². The van der Waals surface area contributed by atoms with Crippen molar-refractivity contribution in [3.05, 3.63) is 42.0 Å². The molecule has 1 aromatic carbocycles. The maximum absolute atomic E-state index is 12.8. The van der Waals surface area contributed by atoms with Crippen LogP contribution in [-0.4, -0.2) is 9.97 Å². The summed E-state index contributed by atoms with van der Waals surface area (Å²) in [6, 6.07) is 7.90. The molecular formula is C13H14FN3. The maximum Gasteiger partial charge on any atom is 0.131 e. The lowest BCUT2D eigenvalue weighted by Crippen LogP contribution is -2.01. The Kier molecular flexibility index (Phi) is 3.32. The van der Waals surface area contributed by atoms with Gasteiger partial charge in [0, 0.05) is 18.1 Å². The highest BCUT2D eigenvalue weighted by molar-refractivity contribution is 5.61. The quantitative estimate of drug-likeness (QED) is 0.883. The molecule has 1 aromatic heterocycles. The third-order valence-electron chi connectivity index (χ3n) is 2.41. The van der Waals surface area contributed by atoms with Gasteiger partial charge in [-0.2, -0.15) is 0 Å². The lowest BCUT2D eigenvalue weighted by molar-refractivity contribution is 0.628. The number of aryl methyl sites for hydroxylation is 1. The van der Waals surface area contributed by atoms with Gasteiger partial charge < -0.3 is 5.73 Å². The molecular weight excluding hydrogens is 217 g/mol. The highest BCUT2D eigenvalue weighted by atomic mass is 19.1. The van der Waals surface area contributed by atoms with Crippen molar-refractivity contribution in [1.29, 1.82) is 0 Å². The zero-order chi connectivity index (χ0) is 12.3. The van der Waals surface area contributed by atoms with Gasteiger partial charge in [-0.1, -0.05) is 6.92 Å². The number of nitrogens with two attached hydrogens (primary N) is 1. The number of hydrogen-bond acceptors (Lipinski definition) is 3. The van der Waals surface area contributed by atoms with E-state index >= 15 is 0 Å². The van der Waals surface area contributed by atoms with Gasteiger partial charge in [0.25, 0.3) is 0 Å². The summed E-state index contributed by atoms with van der Waals surface area (Å²) in [6.07, 6.45) is 1.76. The van der Waals surface area contributed by atoms with E-state index in [4.69, 9.17) is 5.73 Å². The van der Waals surface area contributed by atoms with E-state index in [1.165, 1.54) is 12.1 Å². The van der Waals surface area contributed by atoms with Gasteiger partial charge in [0.05, 0.1) is 5.69 Å². The van der Waals surface area contributed by atoms with Gasteiger partial charge in [0.2, 0.25) is 0 Å². The van der Waals surface area contributed by atoms with Crippen molar-refractivity contribution in [2.75, 3.05) is 5.73 Å². The third-order valence-corrected chi connectivity index (χ3v) is 2.41. The van der Waals surface area contributed by atoms with Gasteiger partial charge >= 0.3 is 0 Å². The molecule has 0 saturated carbocycles. The Hall–Kier alpha value is -1.97. The molecule has 0 bridgehead atoms. The van der Waals surface area contributed by atoms with Gasteiger partial charge in [-0.25, -0.2) is 14.4 Å². The van der Waals surface area contributed by atoms with Gasteiger partial charge in [0.1, 0.15) is 17.5 Å². The Balaban J connectivity index is 2.40. The number of halogens is 1. The van der Waals surface area contributed by atoms with Crippen LogP contribution < -0.4 is 5.73 Å². The molecule has 0 aliphatic carbocycles. The SMILES string of the molecule is CCCc1nc(N)cc(-c2ccc(F)cc2)n1. The van der Waals surface area contributed by atoms with E-state index in [1.54, 1.807) is 18.2 Å². The van der Waals surface area contributed by atoms with Crippen LogP contribution in [0.4, 0.5) is 10.2 Å². The number of benzene rings is 1. The number of aromatic nitrogens is 2. The predicted molar refractivity (Wildman–Crippen MR) is 65.8 cm³/mol. The molecule has 17 heavy (non-hydrogen) atoms. The predicted octanol–water partition coefficient (Wildman–Crippen LogP) is 2.82. The first-order valence-corrected chi connectivity index (χ1v) is 5.58. The molecule has 0 spiro atoms. The van der Waals surface area contributed by atoms with E-state index in [0.717, 1.165) is 29.9 Å². The zero-order valence-electron chi connectivity index (χ0n) is 9.65. The largest absolute Gasteiger partial charge is 0.384 e. The number of anilines is 1. The molecule has 0 amide bonds. The monoisotopic (exact) mass is 231 g/mol. The third kappa shape index (κ3) is 2.78. The van der Waals surface area contributed by atoms with Crippen molar-refractivity contribution in [2.45, 2.75) is 19.8 Å². The molecule has 0 fully saturated rings. The summed E-state index contributed by atoms with van der Waals surface area (Å²) in [4.78, 5) is 8.57. The van der Waals surface area contributed by atoms with Crippen molar-refractivity contribution < 1.29 is 4.39 Å². The molecule has 0 radical (unpaired) electrons. The van der Waals surface area contributed by atoms with E-state index in [-0.39, 0.29) is 5.82 Å². The van der Waals surface area contributed by atoms with Crippen LogP contribution in [0.3, 0.4) is 0 Å². The lowest BCUT2D eigenvalue weighted by atomic mass is 10.1. The van der Waals surface area contributed by atoms with Crippen LogP contribution >= 0.6 is 0 Å². The summed E-state index contributed by atoms with van der Waals surface area (Å²) >= 11 is 0. The van der Waals surface area contributed by atoms with Crippen molar-refractivity contribution in [3.8, 4) is 11.3 Å². The molecule has 0 saturated heterocycles. The standard InChI is InChI=1S/C13H14FN3/c1-2-3-13-16-11(8-12(15)17-13)9-4-6-10(14)7-5-9/h4-8H,2-3H2,1H3,(H2,15,16,17). The summed E-state index contributed by atoms with van der Waals surface area (Å²) in [5, 5.41) is 0. The topological polar surface area (TPSA) is 51.8 Å². The van der Waals surface area contributed by atoms with Crippen LogP contribution in [-0.2, 0) is 6.42 Å². The first-order valence-electron chi connectivity index (χ1n) is 5.58. The summed E-state index contributed by atoms with van der Waals surface area (Å²) in [5.41, 5.74) is 7.31. The molecule has 4 heteroatoms. The summed E-state index contributed by atoms with van der Waals surface area (Å²) in [6.45, 7) is 2.06. The minimum atomic E-state index is -0.260. The molecule has 0 aliphatic heterocycles. The van der Waals surface area contributed by atoms with Gasteiger partial charge in [-0.3, -0.25) is 0 Å². The lowest BCUT2D eigenvalue weighted by Gasteiger charge is -2.05. The number of rotatable bonds is 3. The van der Waals surface area contributed by atoms with Crippen LogP contribution in [0.2, 0.25) is 0 Å². The molecule has 1 heterocycles. The summed E-state index contributed by atoms with van der Waals surface area (Å²) in [5.74, 6) is 0.916. The summed E-state index contributed by atoms with van der Waals surface area (Å²) in [7, 11) is 0. The Morgan fingerprint density at radius 2 is 1.88 bits per heavy atom. The number of nitrogen functional groups attached to an aromatic ring is 1. The highest BCUT2D eigenvalue weighted by Crippen LogP contribution is 2.19.